The second-order valence-electron chi connectivity index (χ2n) is 3.94. The van der Waals surface area contributed by atoms with Crippen LogP contribution in [0.15, 0.2) is 35.7 Å². The third-order valence-corrected chi connectivity index (χ3v) is 3.48. The molecule has 1 unspecified atom stereocenters. The molecule has 18 heavy (non-hydrogen) atoms. The average Bonchev–Trinajstić information content (AvgIpc) is 2.88. The Morgan fingerprint density at radius 2 is 2.17 bits per heavy atom. The van der Waals surface area contributed by atoms with E-state index < -0.39 is 0 Å². The van der Waals surface area contributed by atoms with E-state index in [1.54, 1.807) is 5.38 Å². The maximum atomic E-state index is 11.9. The van der Waals surface area contributed by atoms with Crippen LogP contribution in [0, 0.1) is 0 Å². The molecular weight excluding hydrogens is 246 g/mol. The Hall–Kier alpha value is -1.72. The van der Waals surface area contributed by atoms with Crippen molar-refractivity contribution in [3.05, 3.63) is 52.0 Å². The number of amides is 1. The van der Waals surface area contributed by atoms with Crippen molar-refractivity contribution in [2.24, 2.45) is 5.73 Å². The molecule has 0 aliphatic carbocycles. The maximum Gasteiger partial charge on any atom is 0.271 e. The van der Waals surface area contributed by atoms with Crippen LogP contribution in [0.25, 0.3) is 0 Å². The molecule has 4 nitrogen and oxygen atoms in total. The Bertz CT molecular complexity index is 524. The zero-order chi connectivity index (χ0) is 13.0. The summed E-state index contributed by atoms with van der Waals surface area (Å²) in [6.07, 6.45) is 0. The fourth-order valence-electron chi connectivity index (χ4n) is 1.60. The number of nitrogens with one attached hydrogen (secondary N) is 1. The van der Waals surface area contributed by atoms with Crippen molar-refractivity contribution < 1.29 is 4.79 Å². The van der Waals surface area contributed by atoms with Crippen molar-refractivity contribution in [3.63, 3.8) is 0 Å². The van der Waals surface area contributed by atoms with Crippen LogP contribution < -0.4 is 11.1 Å². The van der Waals surface area contributed by atoms with E-state index in [2.05, 4.69) is 10.3 Å². The summed E-state index contributed by atoms with van der Waals surface area (Å²) >= 11 is 1.40. The Morgan fingerprint density at radius 3 is 2.78 bits per heavy atom. The molecule has 1 atom stereocenters. The summed E-state index contributed by atoms with van der Waals surface area (Å²) in [4.78, 5) is 16.1. The van der Waals surface area contributed by atoms with Crippen LogP contribution in [-0.4, -0.2) is 10.9 Å². The van der Waals surface area contributed by atoms with E-state index in [1.807, 2.05) is 37.3 Å². The van der Waals surface area contributed by atoms with Crippen LogP contribution in [0.5, 0.6) is 0 Å². The van der Waals surface area contributed by atoms with Crippen molar-refractivity contribution >= 4 is 17.2 Å². The molecule has 1 amide bonds. The minimum atomic E-state index is -0.165. The lowest BCUT2D eigenvalue weighted by atomic mass is 10.1. The Kier molecular flexibility index (Phi) is 4.07. The minimum absolute atomic E-state index is 0.0401. The molecule has 3 N–H and O–H groups in total. The fourth-order valence-corrected chi connectivity index (χ4v) is 2.26. The van der Waals surface area contributed by atoms with Gasteiger partial charge in [0.25, 0.3) is 5.91 Å². The predicted molar refractivity (Wildman–Crippen MR) is 72.3 cm³/mol. The van der Waals surface area contributed by atoms with Crippen molar-refractivity contribution in [1.29, 1.82) is 0 Å². The summed E-state index contributed by atoms with van der Waals surface area (Å²) in [6, 6.07) is 9.78. The molecule has 1 aromatic carbocycles. The average molecular weight is 261 g/mol. The number of nitrogens with zero attached hydrogens (tertiary/aromatic N) is 1. The van der Waals surface area contributed by atoms with Crippen molar-refractivity contribution in [3.8, 4) is 0 Å². The van der Waals surface area contributed by atoms with E-state index in [-0.39, 0.29) is 11.9 Å². The number of rotatable bonds is 4. The highest BCUT2D eigenvalue weighted by Crippen LogP contribution is 2.13. The number of aromatic nitrogens is 1. The molecule has 5 heteroatoms. The van der Waals surface area contributed by atoms with Gasteiger partial charge in [0.1, 0.15) is 10.7 Å². The molecule has 2 rings (SSSR count). The molecule has 0 aliphatic rings. The number of hydrogen-bond acceptors (Lipinski definition) is 4. The van der Waals surface area contributed by atoms with Gasteiger partial charge in [-0.15, -0.1) is 11.3 Å². The highest BCUT2D eigenvalue weighted by molar-refractivity contribution is 7.09. The van der Waals surface area contributed by atoms with Crippen LogP contribution in [0.1, 0.15) is 34.0 Å². The van der Waals surface area contributed by atoms with Crippen molar-refractivity contribution in [1.82, 2.24) is 10.3 Å². The van der Waals surface area contributed by atoms with Gasteiger partial charge in [0.05, 0.1) is 6.04 Å². The zero-order valence-corrected chi connectivity index (χ0v) is 10.9. The SMILES string of the molecule is CC(NC(=O)c1csc(CN)n1)c1ccccc1. The van der Waals surface area contributed by atoms with Crippen LogP contribution in [0.3, 0.4) is 0 Å². The molecule has 1 aromatic heterocycles. The number of carbonyl (C=O) groups excluding carboxylic acids is 1. The normalized spacial score (nSPS) is 12.1. The van der Waals surface area contributed by atoms with Gasteiger partial charge in [0.15, 0.2) is 0 Å². The van der Waals surface area contributed by atoms with Gasteiger partial charge in [0.2, 0.25) is 0 Å². The summed E-state index contributed by atoms with van der Waals surface area (Å²) in [5.74, 6) is -0.165. The third kappa shape index (κ3) is 2.94. The number of carbonyl (C=O) groups is 1. The second kappa shape index (κ2) is 5.75. The topological polar surface area (TPSA) is 68.0 Å². The molecule has 0 aliphatic heterocycles. The number of thiazole rings is 1. The molecule has 0 fully saturated rings. The highest BCUT2D eigenvalue weighted by Gasteiger charge is 2.13. The monoisotopic (exact) mass is 261 g/mol. The quantitative estimate of drug-likeness (QED) is 0.885. The summed E-state index contributed by atoms with van der Waals surface area (Å²) in [5.41, 5.74) is 6.97. The molecule has 94 valence electrons. The lowest BCUT2D eigenvalue weighted by Crippen LogP contribution is -2.26. The first kappa shape index (κ1) is 12.7. The largest absolute Gasteiger partial charge is 0.344 e. The van der Waals surface area contributed by atoms with Gasteiger partial charge in [0, 0.05) is 11.9 Å². The lowest BCUT2D eigenvalue weighted by molar-refractivity contribution is 0.0935. The van der Waals surface area contributed by atoms with Gasteiger partial charge in [-0.1, -0.05) is 30.3 Å². The first-order valence-electron chi connectivity index (χ1n) is 5.71. The summed E-state index contributed by atoms with van der Waals surface area (Å²) < 4.78 is 0. The molecular formula is C13H15N3OS. The summed E-state index contributed by atoms with van der Waals surface area (Å²) in [5, 5.41) is 5.42. The molecule has 0 radical (unpaired) electrons. The van der Waals surface area contributed by atoms with Crippen molar-refractivity contribution in [2.75, 3.05) is 0 Å². The molecule has 0 spiro atoms. The molecule has 0 saturated heterocycles. The van der Waals surface area contributed by atoms with Gasteiger partial charge in [-0.2, -0.15) is 0 Å². The standard InChI is InChI=1S/C13H15N3OS/c1-9(10-5-3-2-4-6-10)15-13(17)11-8-18-12(7-14)16-11/h2-6,8-9H,7,14H2,1H3,(H,15,17). The van der Waals surface area contributed by atoms with Crippen LogP contribution in [0.4, 0.5) is 0 Å². The zero-order valence-electron chi connectivity index (χ0n) is 10.1. The van der Waals surface area contributed by atoms with Gasteiger partial charge >= 0.3 is 0 Å². The number of nitrogens with two attached hydrogens (primary N) is 1. The Balaban J connectivity index is 2.03. The van der Waals surface area contributed by atoms with E-state index in [0.29, 0.717) is 12.2 Å². The minimum Gasteiger partial charge on any atom is -0.344 e. The lowest BCUT2D eigenvalue weighted by Gasteiger charge is -2.13. The number of hydrogen-bond donors (Lipinski definition) is 2. The summed E-state index contributed by atoms with van der Waals surface area (Å²) in [6.45, 7) is 2.32. The first-order valence-corrected chi connectivity index (χ1v) is 6.59. The maximum absolute atomic E-state index is 11.9. The van der Waals surface area contributed by atoms with Crippen LogP contribution in [-0.2, 0) is 6.54 Å². The van der Waals surface area contributed by atoms with E-state index >= 15 is 0 Å². The Labute approximate surface area is 110 Å². The Morgan fingerprint density at radius 1 is 1.44 bits per heavy atom. The molecule has 0 bridgehead atoms. The summed E-state index contributed by atoms with van der Waals surface area (Å²) in [7, 11) is 0. The van der Waals surface area contributed by atoms with Gasteiger partial charge in [-0.05, 0) is 12.5 Å². The highest BCUT2D eigenvalue weighted by atomic mass is 32.1. The van der Waals surface area contributed by atoms with Gasteiger partial charge in [-0.25, -0.2) is 4.98 Å². The molecule has 1 heterocycles. The van der Waals surface area contributed by atoms with Crippen molar-refractivity contribution in [2.45, 2.75) is 19.5 Å². The molecule has 0 saturated carbocycles. The van der Waals surface area contributed by atoms with Crippen LogP contribution in [0.2, 0.25) is 0 Å². The fraction of sp³-hybridized carbons (Fsp3) is 0.231. The van der Waals surface area contributed by atoms with Crippen LogP contribution >= 0.6 is 11.3 Å². The first-order chi connectivity index (χ1) is 8.70. The third-order valence-electron chi connectivity index (χ3n) is 2.61. The predicted octanol–water partition coefficient (Wildman–Crippen LogP) is 2.09. The second-order valence-corrected chi connectivity index (χ2v) is 4.88. The van der Waals surface area contributed by atoms with E-state index in [4.69, 9.17) is 5.73 Å². The smallest absolute Gasteiger partial charge is 0.271 e. The van der Waals surface area contributed by atoms with E-state index in [9.17, 15) is 4.79 Å². The van der Waals surface area contributed by atoms with E-state index in [1.165, 1.54) is 11.3 Å². The van der Waals surface area contributed by atoms with E-state index in [0.717, 1.165) is 10.6 Å². The van der Waals surface area contributed by atoms with Gasteiger partial charge < -0.3 is 11.1 Å². The van der Waals surface area contributed by atoms with Gasteiger partial charge in [-0.3, -0.25) is 4.79 Å². The number of benzene rings is 1. The molecule has 2 aromatic rings.